The first-order valence-corrected chi connectivity index (χ1v) is 37.1. The van der Waals surface area contributed by atoms with Gasteiger partial charge >= 0.3 is 268 Å². The van der Waals surface area contributed by atoms with Gasteiger partial charge in [0.1, 0.15) is 0 Å². The molecule has 400 valence electrons. The summed E-state index contributed by atoms with van der Waals surface area (Å²) >= 11 is 0.198. The summed E-state index contributed by atoms with van der Waals surface area (Å²) in [5.74, 6) is 0. The van der Waals surface area contributed by atoms with E-state index in [9.17, 15) is 0 Å². The third-order valence-corrected chi connectivity index (χ3v) is 26.7. The Bertz CT molecular complexity index is 3110. The van der Waals surface area contributed by atoms with Gasteiger partial charge in [0.2, 0.25) is 0 Å². The summed E-state index contributed by atoms with van der Waals surface area (Å²) < 4.78 is 18.4. The van der Waals surface area contributed by atoms with Crippen LogP contribution in [0.25, 0.3) is 22.4 Å². The number of nitrogens with zero attached hydrogens (tertiary/aromatic N) is 6. The van der Waals surface area contributed by atoms with Crippen molar-refractivity contribution in [2.24, 2.45) is 0 Å². The Balaban J connectivity index is 0.000000205. The predicted octanol–water partition coefficient (Wildman–Crippen LogP) is 3.36. The van der Waals surface area contributed by atoms with Crippen LogP contribution in [0.2, 0.25) is 0 Å². The van der Waals surface area contributed by atoms with Gasteiger partial charge in [-0.25, -0.2) is 0 Å². The van der Waals surface area contributed by atoms with E-state index in [1.165, 1.54) is 88.3 Å². The second kappa shape index (κ2) is 28.9. The maximum atomic E-state index is 4.51. The number of hydrogen-bond acceptors (Lipinski definition) is 3. The molecule has 0 N–H and O–H groups in total. The van der Waals surface area contributed by atoms with Gasteiger partial charge in [-0.1, -0.05) is 104 Å². The van der Waals surface area contributed by atoms with E-state index < -0.39 is 0 Å². The van der Waals surface area contributed by atoms with E-state index in [2.05, 4.69) is 236 Å². The Morgan fingerprint density at radius 3 is 1.42 bits per heavy atom. The molecule has 6 nitrogen and oxygen atoms in total. The van der Waals surface area contributed by atoms with Crippen molar-refractivity contribution in [3.05, 3.63) is 213 Å². The van der Waals surface area contributed by atoms with E-state index in [0.29, 0.717) is 6.54 Å². The number of anilines is 3. The van der Waals surface area contributed by atoms with Crippen molar-refractivity contribution < 1.29 is 116 Å². The third kappa shape index (κ3) is 13.5. The number of hydrogen-bond donors (Lipinski definition) is 0. The number of halogens is 4. The molecule has 7 aromatic carbocycles. The fraction of sp³-hybridized carbons (Fsp3) is 0.277. The minimum Gasteiger partial charge on any atom is 1.00 e. The number of alkyl halides is 4. The summed E-state index contributed by atoms with van der Waals surface area (Å²) in [6.45, 7) is 14.6. The molecular formula is C65H69AuI4N6-2. The van der Waals surface area contributed by atoms with Crippen LogP contribution in [0, 0.1) is 20.5 Å². The largest absolute Gasteiger partial charge is 1.00 e. The van der Waals surface area contributed by atoms with Crippen LogP contribution in [-0.4, -0.2) is 47.9 Å². The molecule has 0 bridgehead atoms. The molecule has 0 saturated heterocycles. The average Bonchev–Trinajstić information content (AvgIpc) is 4.22. The molecule has 0 saturated carbocycles. The van der Waals surface area contributed by atoms with E-state index >= 15 is 0 Å². The van der Waals surface area contributed by atoms with E-state index in [4.69, 9.17) is 0 Å². The van der Waals surface area contributed by atoms with Gasteiger partial charge in [-0.3, -0.25) is 0 Å². The maximum Gasteiger partial charge on any atom is 1.00 e. The van der Waals surface area contributed by atoms with Crippen LogP contribution in [0.1, 0.15) is 96.8 Å². The molecule has 0 spiro atoms. The normalized spacial score (nSPS) is 13.0. The van der Waals surface area contributed by atoms with Crippen LogP contribution in [0.3, 0.4) is 0 Å². The van der Waals surface area contributed by atoms with Gasteiger partial charge in [-0.2, -0.15) is 5.10 Å². The first-order valence-electron chi connectivity index (χ1n) is 26.7. The molecule has 1 aromatic heterocycles. The molecule has 2 aliphatic rings. The average molecular weight is 1640 g/mol. The van der Waals surface area contributed by atoms with Crippen LogP contribution in [0.15, 0.2) is 176 Å². The van der Waals surface area contributed by atoms with Gasteiger partial charge in [0.05, 0.1) is 0 Å². The van der Waals surface area contributed by atoms with Crippen molar-refractivity contribution in [3.63, 3.8) is 0 Å². The molecule has 2 heterocycles. The van der Waals surface area contributed by atoms with Crippen LogP contribution in [0.4, 0.5) is 28.4 Å². The molecule has 0 amide bonds. The van der Waals surface area contributed by atoms with Crippen molar-refractivity contribution in [2.45, 2.75) is 92.0 Å². The number of rotatable bonds is 22. The smallest absolute Gasteiger partial charge is 1.00 e. The summed E-state index contributed by atoms with van der Waals surface area (Å²) in [5.41, 5.74) is 14.7. The first-order chi connectivity index (χ1) is 36.9. The van der Waals surface area contributed by atoms with Gasteiger partial charge < -0.3 is 9.58 Å². The van der Waals surface area contributed by atoms with Crippen molar-refractivity contribution in [1.29, 1.82) is 0 Å². The summed E-state index contributed by atoms with van der Waals surface area (Å²) in [5, 5.41) is 8.90. The minimum atomic E-state index is -0.0875. The molecule has 1 aliphatic heterocycles. The fourth-order valence-corrected chi connectivity index (χ4v) is 20.8. The number of benzene rings is 7. The fourth-order valence-electron chi connectivity index (χ4n) is 9.82. The first kappa shape index (κ1) is 58.4. The second-order valence-electron chi connectivity index (χ2n) is 18.5. The number of aromatic nitrogens is 3. The Hall–Kier alpha value is -3.74. The van der Waals surface area contributed by atoms with Gasteiger partial charge in [-0.15, -0.1) is 23.9 Å². The van der Waals surface area contributed by atoms with Gasteiger partial charge in [-0.05, 0) is 77.1 Å². The summed E-state index contributed by atoms with van der Waals surface area (Å²) in [4.78, 5) is 2.35. The third-order valence-electron chi connectivity index (χ3n) is 13.4. The monoisotopic (exact) mass is 1640 g/mol. The van der Waals surface area contributed by atoms with Gasteiger partial charge in [0.15, 0.2) is 0 Å². The van der Waals surface area contributed by atoms with Gasteiger partial charge in [0, 0.05) is 29.0 Å². The zero-order chi connectivity index (χ0) is 52.0. The molecule has 76 heavy (non-hydrogen) atoms. The van der Waals surface area contributed by atoms with Crippen LogP contribution < -0.4 is 89.7 Å². The van der Waals surface area contributed by atoms with Gasteiger partial charge in [0.25, 0.3) is 0 Å². The number of fused-ring (bicyclic) bond motifs is 3. The van der Waals surface area contributed by atoms with Crippen molar-refractivity contribution in [1.82, 2.24) is 15.0 Å². The molecule has 8 aromatic rings. The zero-order valence-corrected chi connectivity index (χ0v) is 55.3. The number of para-hydroxylation sites is 4. The Morgan fingerprint density at radius 2 is 0.961 bits per heavy atom. The van der Waals surface area contributed by atoms with E-state index in [-0.39, 0.29) is 113 Å². The van der Waals surface area contributed by atoms with Crippen LogP contribution in [0.5, 0.6) is 0 Å². The van der Waals surface area contributed by atoms with Crippen molar-refractivity contribution in [3.8, 4) is 22.4 Å². The van der Waals surface area contributed by atoms with Crippen molar-refractivity contribution in [2.75, 3.05) is 22.6 Å². The summed E-state index contributed by atoms with van der Waals surface area (Å²) in [7, 11) is 0. The maximum absolute atomic E-state index is 4.51. The van der Waals surface area contributed by atoms with Crippen LogP contribution >= 0.6 is 0 Å². The zero-order valence-electron chi connectivity index (χ0n) is 44.5. The molecule has 11 heteroatoms. The van der Waals surface area contributed by atoms with Crippen molar-refractivity contribution >= 4 is 34.4 Å². The van der Waals surface area contributed by atoms with E-state index in [1.54, 1.807) is 19.0 Å². The van der Waals surface area contributed by atoms with E-state index in [0.717, 1.165) is 35.5 Å². The van der Waals surface area contributed by atoms with Crippen LogP contribution in [-0.2, 0) is 34.3 Å². The topological polar surface area (TPSA) is 40.0 Å². The second-order valence-corrected chi connectivity index (χ2v) is 30.6. The summed E-state index contributed by atoms with van der Waals surface area (Å²) in [6, 6.07) is 63.4. The quantitative estimate of drug-likeness (QED) is 0.0345. The minimum absolute atomic E-state index is 0. The Morgan fingerprint density at radius 1 is 0.513 bits per heavy atom. The van der Waals surface area contributed by atoms with E-state index in [1.807, 2.05) is 18.2 Å². The molecule has 0 fully saturated rings. The standard InChI is InChI=1S/C38H33N4.C27H36I4N2.Au/c1-3-38(4-2)35-24-29(37-27-41(40-39-37)26-28-14-8-5-9-15-28)20-22-33(35)34-23-21-32(25-36(34)38)42(30-16-10-6-11-17-30)31-18-12-7-13-19-31;1-5-15-28-22-11-9-12-23(29-16-6-2)26(22)32-19-20-33(21-32)27-24(30-17-7-3)13-10-14-25(27)31-18-8-4;/h5-25H,3-4,26H2,1-2H3;9-14,19-20H,5-8,15-18H2,1-4H3;/q-1;-2;+1. The predicted molar refractivity (Wildman–Crippen MR) is 294 cm³/mol. The Labute approximate surface area is 510 Å². The molecule has 1 aliphatic carbocycles. The molecular weight excluding hydrogens is 1570 g/mol. The molecule has 0 atom stereocenters. The molecule has 0 unspecified atom stereocenters. The summed E-state index contributed by atoms with van der Waals surface area (Å²) in [6.07, 6.45) is 15.1. The Kier molecular flexibility index (Phi) is 22.2. The molecule has 10 rings (SSSR count). The SMILES string of the molecule is CCC1(CC)c2cc(-c3[c-]n(Cc4ccccc4)nn3)ccc2-c2ccc(N(c3ccccc3)c3ccccc3)cc21.CCC[I-]c1cccc([I-]CCC)c1[N+]1=C=[N+](c2c([I-]CCC)cccc2[I-]CCC)C=C1.[Au+]. The molecule has 0 radical (unpaired) electrons.